The molecule has 2 rings (SSSR count). The quantitative estimate of drug-likeness (QED) is 0.133. The third kappa shape index (κ3) is 12.2. The van der Waals surface area contributed by atoms with Crippen LogP contribution in [-0.4, -0.2) is 48.6 Å². The minimum atomic E-state index is -2.17. The minimum Gasteiger partial charge on any atom is -0.497 e. The zero-order valence-electron chi connectivity index (χ0n) is 20.8. The van der Waals surface area contributed by atoms with Crippen molar-refractivity contribution in [2.24, 2.45) is 5.92 Å². The molecule has 1 N–H and O–H groups in total. The fraction of sp³-hybridized carbons (Fsp3) is 0.407. The normalized spacial score (nSPS) is 13.2. The highest BCUT2D eigenvalue weighted by atomic mass is 35.6. The summed E-state index contributed by atoms with van der Waals surface area (Å²) in [6, 6.07) is 16.4. The van der Waals surface area contributed by atoms with Crippen molar-refractivity contribution in [2.45, 2.75) is 36.4 Å². The Balaban J connectivity index is 2.08. The SMILES string of the molecule is CCOC(=O)C[C@@H](/C=C/COCc1ccc(OC)cc1)[C@@H](COCc1ccccc1)NC(=O)C(Cl)(Cl)Cl. The predicted molar refractivity (Wildman–Crippen MR) is 145 cm³/mol. The van der Waals surface area contributed by atoms with Gasteiger partial charge in [-0.05, 0) is 30.2 Å². The first-order valence-electron chi connectivity index (χ1n) is 11.7. The summed E-state index contributed by atoms with van der Waals surface area (Å²) >= 11 is 17.3. The van der Waals surface area contributed by atoms with Crippen LogP contribution in [-0.2, 0) is 37.0 Å². The topological polar surface area (TPSA) is 83.1 Å². The second-order valence-corrected chi connectivity index (χ2v) is 10.3. The Morgan fingerprint density at radius 2 is 1.62 bits per heavy atom. The van der Waals surface area contributed by atoms with Crippen LogP contribution in [0.5, 0.6) is 5.75 Å². The first-order valence-corrected chi connectivity index (χ1v) is 12.9. The molecule has 0 aliphatic carbocycles. The number of benzene rings is 2. The number of methoxy groups -OCH3 is 1. The van der Waals surface area contributed by atoms with E-state index in [1.807, 2.05) is 54.6 Å². The third-order valence-electron chi connectivity index (χ3n) is 5.23. The summed E-state index contributed by atoms with van der Waals surface area (Å²) in [5.74, 6) is -0.977. The molecule has 0 bridgehead atoms. The summed E-state index contributed by atoms with van der Waals surface area (Å²) in [7, 11) is 1.61. The zero-order valence-corrected chi connectivity index (χ0v) is 23.1. The van der Waals surface area contributed by atoms with Crippen LogP contribution in [0.2, 0.25) is 0 Å². The molecular weight excluding hydrogens is 541 g/mol. The van der Waals surface area contributed by atoms with Crippen molar-refractivity contribution in [3.05, 3.63) is 77.9 Å². The van der Waals surface area contributed by atoms with Gasteiger partial charge in [0.1, 0.15) is 5.75 Å². The maximum atomic E-state index is 12.5. The van der Waals surface area contributed by atoms with Gasteiger partial charge in [0.2, 0.25) is 0 Å². The van der Waals surface area contributed by atoms with E-state index in [0.717, 1.165) is 16.9 Å². The van der Waals surface area contributed by atoms with E-state index in [-0.39, 0.29) is 26.2 Å². The molecule has 2 aromatic rings. The Hall–Kier alpha value is -2.29. The second-order valence-electron chi connectivity index (χ2n) is 8.04. The van der Waals surface area contributed by atoms with Crippen molar-refractivity contribution in [2.75, 3.05) is 26.9 Å². The smallest absolute Gasteiger partial charge is 0.306 e. The highest BCUT2D eigenvalue weighted by Crippen LogP contribution is 2.27. The molecule has 0 spiro atoms. The average molecular weight is 573 g/mol. The summed E-state index contributed by atoms with van der Waals surface area (Å²) in [5.41, 5.74) is 1.94. The van der Waals surface area contributed by atoms with Gasteiger partial charge in [-0.2, -0.15) is 0 Å². The summed E-state index contributed by atoms with van der Waals surface area (Å²) in [6.07, 6.45) is 3.54. The van der Waals surface area contributed by atoms with Crippen molar-refractivity contribution >= 4 is 46.7 Å². The van der Waals surface area contributed by atoms with Crippen molar-refractivity contribution < 1.29 is 28.5 Å². The molecule has 7 nitrogen and oxygen atoms in total. The highest BCUT2D eigenvalue weighted by molar-refractivity contribution is 6.76. The van der Waals surface area contributed by atoms with Gasteiger partial charge in [-0.1, -0.05) is 89.4 Å². The van der Waals surface area contributed by atoms with E-state index in [0.29, 0.717) is 13.2 Å². The number of carbonyl (C=O) groups is 2. The average Bonchev–Trinajstić information content (AvgIpc) is 2.87. The lowest BCUT2D eigenvalue weighted by atomic mass is 9.95. The van der Waals surface area contributed by atoms with Gasteiger partial charge in [0, 0.05) is 5.92 Å². The Morgan fingerprint density at radius 3 is 2.24 bits per heavy atom. The minimum absolute atomic E-state index is 0.0116. The van der Waals surface area contributed by atoms with Crippen LogP contribution >= 0.6 is 34.8 Å². The van der Waals surface area contributed by atoms with Crippen LogP contribution in [0.25, 0.3) is 0 Å². The summed E-state index contributed by atoms with van der Waals surface area (Å²) in [6.45, 7) is 3.01. The second kappa shape index (κ2) is 16.5. The van der Waals surface area contributed by atoms with E-state index in [4.69, 9.17) is 53.8 Å². The Labute approximate surface area is 233 Å². The molecular formula is C27H32Cl3NO6. The molecule has 0 aliphatic rings. The number of alkyl halides is 3. The predicted octanol–water partition coefficient (Wildman–Crippen LogP) is 5.41. The van der Waals surface area contributed by atoms with Crippen molar-refractivity contribution in [1.82, 2.24) is 5.32 Å². The van der Waals surface area contributed by atoms with E-state index in [9.17, 15) is 9.59 Å². The van der Waals surface area contributed by atoms with Crippen molar-refractivity contribution in [3.63, 3.8) is 0 Å². The molecule has 0 unspecified atom stereocenters. The Kier molecular flexibility index (Phi) is 13.8. The molecule has 0 aromatic heterocycles. The van der Waals surface area contributed by atoms with Gasteiger partial charge >= 0.3 is 5.97 Å². The van der Waals surface area contributed by atoms with Gasteiger partial charge in [0.15, 0.2) is 0 Å². The molecule has 0 saturated carbocycles. The van der Waals surface area contributed by atoms with Crippen LogP contribution in [0.4, 0.5) is 0 Å². The Morgan fingerprint density at radius 1 is 0.973 bits per heavy atom. The zero-order chi connectivity index (χ0) is 27.1. The van der Waals surface area contributed by atoms with E-state index >= 15 is 0 Å². The molecule has 2 atom stereocenters. The number of halogens is 3. The van der Waals surface area contributed by atoms with E-state index in [1.165, 1.54) is 0 Å². The number of carbonyl (C=O) groups excluding carboxylic acids is 2. The van der Waals surface area contributed by atoms with E-state index < -0.39 is 27.6 Å². The number of amides is 1. The van der Waals surface area contributed by atoms with Crippen molar-refractivity contribution in [3.8, 4) is 5.75 Å². The number of hydrogen-bond acceptors (Lipinski definition) is 6. The molecule has 10 heteroatoms. The maximum Gasteiger partial charge on any atom is 0.306 e. The van der Waals surface area contributed by atoms with Crippen LogP contribution in [0.1, 0.15) is 24.5 Å². The number of ether oxygens (including phenoxy) is 4. The lowest BCUT2D eigenvalue weighted by Crippen LogP contribution is -2.48. The third-order valence-corrected chi connectivity index (χ3v) is 5.75. The largest absolute Gasteiger partial charge is 0.497 e. The van der Waals surface area contributed by atoms with Gasteiger partial charge < -0.3 is 24.3 Å². The van der Waals surface area contributed by atoms with Gasteiger partial charge in [-0.25, -0.2) is 0 Å². The monoisotopic (exact) mass is 571 g/mol. The summed E-state index contributed by atoms with van der Waals surface area (Å²) in [4.78, 5) is 24.8. The number of hydrogen-bond donors (Lipinski definition) is 1. The molecule has 0 aliphatic heterocycles. The van der Waals surface area contributed by atoms with E-state index in [2.05, 4.69) is 5.32 Å². The van der Waals surface area contributed by atoms with Gasteiger partial charge in [0.25, 0.3) is 9.70 Å². The van der Waals surface area contributed by atoms with Crippen LogP contribution in [0.3, 0.4) is 0 Å². The summed E-state index contributed by atoms with van der Waals surface area (Å²) in [5, 5.41) is 2.70. The molecule has 2 aromatic carbocycles. The molecule has 0 fully saturated rings. The highest BCUT2D eigenvalue weighted by Gasteiger charge is 2.34. The fourth-order valence-corrected chi connectivity index (χ4v) is 3.52. The molecule has 37 heavy (non-hydrogen) atoms. The molecule has 1 amide bonds. The lowest BCUT2D eigenvalue weighted by Gasteiger charge is -2.27. The van der Waals surface area contributed by atoms with Gasteiger partial charge in [-0.15, -0.1) is 0 Å². The van der Waals surface area contributed by atoms with Gasteiger partial charge in [-0.3, -0.25) is 9.59 Å². The van der Waals surface area contributed by atoms with Crippen LogP contribution in [0, 0.1) is 5.92 Å². The van der Waals surface area contributed by atoms with Gasteiger partial charge in [0.05, 0.1) is 52.6 Å². The maximum absolute atomic E-state index is 12.5. The fourth-order valence-electron chi connectivity index (χ4n) is 3.35. The van der Waals surface area contributed by atoms with Crippen LogP contribution in [0.15, 0.2) is 66.7 Å². The molecule has 0 radical (unpaired) electrons. The van der Waals surface area contributed by atoms with Crippen molar-refractivity contribution in [1.29, 1.82) is 0 Å². The number of esters is 1. The standard InChI is InChI=1S/C27H32Cl3NO6/c1-3-37-25(32)16-22(10-7-15-35-17-21-11-13-23(34-2)14-12-21)24(31-26(33)27(28,29)30)19-36-18-20-8-5-4-6-9-20/h4-14,22,24H,3,15-19H2,1-2H3,(H,31,33)/b10-7+/t22-,24-/m1/s1. The first kappa shape index (κ1) is 30.9. The number of nitrogens with one attached hydrogen (secondary N) is 1. The molecule has 0 heterocycles. The summed E-state index contributed by atoms with van der Waals surface area (Å²) < 4.78 is 19.7. The number of rotatable bonds is 15. The Bertz CT molecular complexity index is 980. The molecule has 0 saturated heterocycles. The molecule has 202 valence electrons. The first-order chi connectivity index (χ1) is 17.7. The lowest BCUT2D eigenvalue weighted by molar-refractivity contribution is -0.144. The van der Waals surface area contributed by atoms with E-state index in [1.54, 1.807) is 26.2 Å². The van der Waals surface area contributed by atoms with Crippen LogP contribution < -0.4 is 10.1 Å².